The van der Waals surface area contributed by atoms with Crippen molar-refractivity contribution >= 4 is 23.2 Å². The van der Waals surface area contributed by atoms with Gasteiger partial charge in [-0.3, -0.25) is 4.99 Å². The molecule has 0 saturated carbocycles. The van der Waals surface area contributed by atoms with Crippen LogP contribution in [0, 0.1) is 12.8 Å². The molecule has 1 heterocycles. The van der Waals surface area contributed by atoms with Gasteiger partial charge in [-0.2, -0.15) is 0 Å². The number of aliphatic imine (C=N–C) groups is 1. The molecule has 2 atom stereocenters. The lowest BCUT2D eigenvalue weighted by Crippen LogP contribution is -2.34. The van der Waals surface area contributed by atoms with Gasteiger partial charge in [0.25, 0.3) is 0 Å². The Hall–Kier alpha value is -3.21. The third-order valence-electron chi connectivity index (χ3n) is 6.12. The number of hydrogen-bond donors (Lipinski definition) is 1. The molecular formula is C26H28N2O3. The first-order valence-electron chi connectivity index (χ1n) is 10.9. The highest BCUT2D eigenvalue weighted by Crippen LogP contribution is 2.47. The number of carboxylic acids is 1. The van der Waals surface area contributed by atoms with E-state index >= 15 is 0 Å². The number of carbonyl (C=O) groups is 1. The van der Waals surface area contributed by atoms with Crippen LogP contribution in [-0.4, -0.2) is 30.6 Å². The zero-order valence-electron chi connectivity index (χ0n) is 18.5. The molecule has 5 heteroatoms. The molecule has 0 radical (unpaired) electrons. The Balaban J connectivity index is 1.97. The lowest BCUT2D eigenvalue weighted by Gasteiger charge is -2.30. The minimum absolute atomic E-state index is 0.0619. The van der Waals surface area contributed by atoms with Gasteiger partial charge in [0.15, 0.2) is 0 Å². The van der Waals surface area contributed by atoms with Gasteiger partial charge in [-0.05, 0) is 50.5 Å². The Morgan fingerprint density at radius 1 is 1.19 bits per heavy atom. The van der Waals surface area contributed by atoms with Crippen molar-refractivity contribution in [1.82, 2.24) is 0 Å². The maximum absolute atomic E-state index is 12.0. The minimum atomic E-state index is -1.16. The number of benzene rings is 2. The predicted octanol–water partition coefficient (Wildman–Crippen LogP) is 4.18. The highest BCUT2D eigenvalue weighted by atomic mass is 16.4. The molecule has 0 fully saturated rings. The molecule has 0 bridgehead atoms. The highest BCUT2D eigenvalue weighted by Gasteiger charge is 2.45. The molecule has 2 aromatic carbocycles. The molecule has 0 unspecified atom stereocenters. The van der Waals surface area contributed by atoms with Gasteiger partial charge in [-0.15, -0.1) is 0 Å². The number of fused-ring (bicyclic) bond motifs is 2. The summed E-state index contributed by atoms with van der Waals surface area (Å²) in [5, 5.41) is 15.3. The summed E-state index contributed by atoms with van der Waals surface area (Å²) in [7, 11) is 0. The van der Waals surface area contributed by atoms with Gasteiger partial charge in [0.1, 0.15) is 12.3 Å². The summed E-state index contributed by atoms with van der Waals surface area (Å²) in [5.41, 5.74) is 6.27. The summed E-state index contributed by atoms with van der Waals surface area (Å²) in [6, 6.07) is 11.3. The number of allylic oxidation sites excluding steroid dienone is 2. The monoisotopic (exact) mass is 416 g/mol. The topological polar surface area (TPSA) is 75.8 Å². The average Bonchev–Trinajstić information content (AvgIpc) is 2.74. The Labute approximate surface area is 183 Å². The third kappa shape index (κ3) is 3.80. The van der Waals surface area contributed by atoms with E-state index in [1.54, 1.807) is 12.1 Å². The second kappa shape index (κ2) is 8.50. The van der Waals surface area contributed by atoms with E-state index in [0.29, 0.717) is 6.42 Å². The first-order valence-corrected chi connectivity index (χ1v) is 10.9. The fraction of sp³-hybridized carbons (Fsp3) is 0.346. The number of ketones is 1. The van der Waals surface area contributed by atoms with Crippen LogP contribution in [0.4, 0.5) is 5.69 Å². The highest BCUT2D eigenvalue weighted by molar-refractivity contribution is 6.15. The Kier molecular flexibility index (Phi) is 5.77. The maximum atomic E-state index is 12.0. The number of anilines is 1. The lowest BCUT2D eigenvalue weighted by atomic mass is 9.71. The fourth-order valence-electron chi connectivity index (χ4n) is 4.71. The van der Waals surface area contributed by atoms with Crippen LogP contribution in [-0.2, 0) is 4.42 Å². The molecular weight excluding hydrogens is 388 g/mol. The summed E-state index contributed by atoms with van der Waals surface area (Å²) in [6.07, 6.45) is 2.81. The first kappa shape index (κ1) is 21.0. The van der Waals surface area contributed by atoms with Gasteiger partial charge >= 0.3 is 11.5 Å². The van der Waals surface area contributed by atoms with Crippen molar-refractivity contribution in [1.29, 1.82) is 0 Å². The molecule has 1 aliphatic carbocycles. The van der Waals surface area contributed by atoms with E-state index < -0.39 is 5.97 Å². The quantitative estimate of drug-likeness (QED) is 0.743. The number of carbonyl (C=O) groups excluding carboxylic acids is 2. The van der Waals surface area contributed by atoms with E-state index in [1.165, 1.54) is 0 Å². The maximum Gasteiger partial charge on any atom is 0.358 e. The lowest BCUT2D eigenvalue weighted by molar-refractivity contribution is -0.374. The number of nitrogens with zero attached hydrogens (tertiary/aromatic N) is 1. The second-order valence-corrected chi connectivity index (χ2v) is 8.13. The van der Waals surface area contributed by atoms with Crippen molar-refractivity contribution < 1.29 is 14.3 Å². The molecule has 1 N–H and O–H groups in total. The number of hydrogen-bond acceptors (Lipinski definition) is 4. The summed E-state index contributed by atoms with van der Waals surface area (Å²) < 4.78 is 6.44. The van der Waals surface area contributed by atoms with E-state index in [-0.39, 0.29) is 17.4 Å². The second-order valence-electron chi connectivity index (χ2n) is 8.13. The Morgan fingerprint density at radius 3 is 2.68 bits per heavy atom. The number of carboxylic acid groups (broad SMARTS) is 1. The summed E-state index contributed by atoms with van der Waals surface area (Å²) >= 11 is 0. The molecule has 2 aliphatic rings. The van der Waals surface area contributed by atoms with Crippen LogP contribution in [0.25, 0.3) is 0 Å². The summed E-state index contributed by atoms with van der Waals surface area (Å²) in [6.45, 7) is 9.75. The predicted molar refractivity (Wildman–Crippen MR) is 122 cm³/mol. The van der Waals surface area contributed by atoms with Crippen LogP contribution < -0.4 is 10.4 Å². The van der Waals surface area contributed by atoms with Crippen LogP contribution in [0.5, 0.6) is 5.75 Å². The number of aryl methyl sites for hydroxylation is 1. The van der Waals surface area contributed by atoms with E-state index in [0.717, 1.165) is 58.3 Å². The van der Waals surface area contributed by atoms with E-state index in [2.05, 4.69) is 43.2 Å². The molecule has 4 rings (SSSR count). The standard InChI is InChI=1S/C26H28N2O3/c1-5-27-21-13-23-19(11-15(21)3)25(17-9-7-8-10-18(17)26(29)30)20-12-16(4)22(28-6-2)14-24(20)31-23/h7-13,20,25,27H,5-6,14H2,1-4H3/t20-,25-/m1/s1. The van der Waals surface area contributed by atoms with Crippen LogP contribution in [0.3, 0.4) is 0 Å². The van der Waals surface area contributed by atoms with Crippen molar-refractivity contribution in [2.45, 2.75) is 40.0 Å². The van der Waals surface area contributed by atoms with Gasteiger partial charge in [-0.25, -0.2) is 4.42 Å². The average molecular weight is 417 g/mol. The van der Waals surface area contributed by atoms with E-state index in [1.807, 2.05) is 25.1 Å². The van der Waals surface area contributed by atoms with Gasteiger partial charge < -0.3 is 15.2 Å². The molecule has 1 aliphatic heterocycles. The van der Waals surface area contributed by atoms with Crippen molar-refractivity contribution in [3.05, 3.63) is 70.3 Å². The molecule has 0 amide bonds. The van der Waals surface area contributed by atoms with Crippen LogP contribution in [0.2, 0.25) is 0 Å². The first-order chi connectivity index (χ1) is 14.9. The van der Waals surface area contributed by atoms with Crippen molar-refractivity contribution in [2.75, 3.05) is 18.4 Å². The number of aromatic carboxylic acids is 1. The van der Waals surface area contributed by atoms with Crippen molar-refractivity contribution in [3.8, 4) is 5.75 Å². The molecule has 2 aromatic rings. The summed E-state index contributed by atoms with van der Waals surface area (Å²) in [4.78, 5) is 16.6. The molecule has 160 valence electrons. The van der Waals surface area contributed by atoms with Gasteiger partial charge in [0, 0.05) is 30.3 Å². The minimum Gasteiger partial charge on any atom is -0.545 e. The van der Waals surface area contributed by atoms with E-state index in [9.17, 15) is 9.90 Å². The SMILES string of the molecule is CCN=C1CC2=[O+]c3cc(NCC)c(C)cc3[C@@H](c3ccccc3C(=O)[O-])[C@@H]2C=C1C. The smallest absolute Gasteiger partial charge is 0.358 e. The normalized spacial score (nSPS) is 21.1. The van der Waals surface area contributed by atoms with Crippen molar-refractivity contribution in [3.63, 3.8) is 0 Å². The zero-order chi connectivity index (χ0) is 22.1. The van der Waals surface area contributed by atoms with Crippen molar-refractivity contribution in [2.24, 2.45) is 10.9 Å². The molecule has 0 saturated heterocycles. The van der Waals surface area contributed by atoms with Crippen LogP contribution in [0.1, 0.15) is 60.2 Å². The van der Waals surface area contributed by atoms with Crippen LogP contribution in [0.15, 0.2) is 53.0 Å². The molecule has 0 aromatic heterocycles. The van der Waals surface area contributed by atoms with E-state index in [4.69, 9.17) is 4.42 Å². The van der Waals surface area contributed by atoms with Crippen LogP contribution >= 0.6 is 0 Å². The van der Waals surface area contributed by atoms with Gasteiger partial charge in [-0.1, -0.05) is 30.3 Å². The van der Waals surface area contributed by atoms with Gasteiger partial charge in [0.05, 0.1) is 23.3 Å². The Morgan fingerprint density at radius 2 is 1.97 bits per heavy atom. The third-order valence-corrected chi connectivity index (χ3v) is 6.12. The fourth-order valence-corrected chi connectivity index (χ4v) is 4.71. The number of nitrogens with one attached hydrogen (secondary N) is 1. The molecule has 31 heavy (non-hydrogen) atoms. The molecule has 5 nitrogen and oxygen atoms in total. The Bertz CT molecular complexity index is 1130. The molecule has 0 spiro atoms. The largest absolute Gasteiger partial charge is 0.545 e. The zero-order valence-corrected chi connectivity index (χ0v) is 18.5. The number of rotatable bonds is 5. The summed E-state index contributed by atoms with van der Waals surface area (Å²) in [5.74, 6) is 0.300. The van der Waals surface area contributed by atoms with Gasteiger partial charge in [0.2, 0.25) is 0 Å².